The van der Waals surface area contributed by atoms with Gasteiger partial charge in [0.2, 0.25) is 0 Å². The van der Waals surface area contributed by atoms with Gasteiger partial charge in [-0.05, 0) is 36.7 Å². The molecule has 0 atom stereocenters. The summed E-state index contributed by atoms with van der Waals surface area (Å²) in [5.41, 5.74) is 7.10. The highest BCUT2D eigenvalue weighted by Gasteiger charge is 2.08. The van der Waals surface area contributed by atoms with Gasteiger partial charge in [-0.15, -0.1) is 12.4 Å². The summed E-state index contributed by atoms with van der Waals surface area (Å²) < 4.78 is 22.6. The van der Waals surface area contributed by atoms with E-state index in [9.17, 15) is 4.39 Å². The van der Waals surface area contributed by atoms with Crippen molar-refractivity contribution in [3.8, 4) is 11.5 Å². The first-order valence-corrected chi connectivity index (χ1v) is 4.98. The van der Waals surface area contributed by atoms with Gasteiger partial charge in [-0.3, -0.25) is 0 Å². The van der Waals surface area contributed by atoms with Gasteiger partial charge in [0.25, 0.3) is 0 Å². The van der Waals surface area contributed by atoms with E-state index in [0.29, 0.717) is 36.4 Å². The third kappa shape index (κ3) is 3.91. The average Bonchev–Trinajstić information content (AvgIpc) is 2.31. The molecule has 1 rings (SSSR count). The van der Waals surface area contributed by atoms with E-state index in [1.54, 1.807) is 20.3 Å². The lowest BCUT2D eigenvalue weighted by molar-refractivity contribution is 0.398. The van der Waals surface area contributed by atoms with Crippen LogP contribution < -0.4 is 15.2 Å². The molecule has 0 aliphatic heterocycles. The SMILES string of the molecule is COc1cc(CCN)c(OC)cc1/C=C/F.Cl. The second kappa shape index (κ2) is 7.92. The highest BCUT2D eigenvalue weighted by molar-refractivity contribution is 5.85. The van der Waals surface area contributed by atoms with Gasteiger partial charge in [0.05, 0.1) is 20.5 Å². The van der Waals surface area contributed by atoms with Crippen molar-refractivity contribution in [2.75, 3.05) is 20.8 Å². The van der Waals surface area contributed by atoms with Crippen LogP contribution in [0.4, 0.5) is 4.39 Å². The van der Waals surface area contributed by atoms with Crippen LogP contribution in [-0.4, -0.2) is 20.8 Å². The van der Waals surface area contributed by atoms with E-state index in [-0.39, 0.29) is 12.4 Å². The van der Waals surface area contributed by atoms with Crippen LogP contribution in [0, 0.1) is 0 Å². The lowest BCUT2D eigenvalue weighted by Gasteiger charge is -2.12. The Bertz CT molecular complexity index is 383. The number of benzene rings is 1. The molecule has 0 fully saturated rings. The number of nitrogens with two attached hydrogens (primary N) is 1. The molecule has 96 valence electrons. The highest BCUT2D eigenvalue weighted by Crippen LogP contribution is 2.30. The van der Waals surface area contributed by atoms with Crippen LogP contribution in [-0.2, 0) is 6.42 Å². The summed E-state index contributed by atoms with van der Waals surface area (Å²) in [5.74, 6) is 1.30. The summed E-state index contributed by atoms with van der Waals surface area (Å²) in [7, 11) is 3.12. The lowest BCUT2D eigenvalue weighted by atomic mass is 10.1. The molecule has 2 N–H and O–H groups in total. The summed E-state index contributed by atoms with van der Waals surface area (Å²) in [6, 6.07) is 3.56. The molecule has 17 heavy (non-hydrogen) atoms. The van der Waals surface area contributed by atoms with E-state index in [0.717, 1.165) is 5.56 Å². The Morgan fingerprint density at radius 2 is 1.88 bits per heavy atom. The molecule has 0 aromatic heterocycles. The van der Waals surface area contributed by atoms with Crippen LogP contribution in [0.2, 0.25) is 0 Å². The number of methoxy groups -OCH3 is 2. The van der Waals surface area contributed by atoms with Gasteiger partial charge in [-0.2, -0.15) is 0 Å². The number of hydrogen-bond donors (Lipinski definition) is 1. The number of halogens is 2. The molecule has 0 amide bonds. The summed E-state index contributed by atoms with van der Waals surface area (Å²) in [6.45, 7) is 0.526. The molecule has 1 aromatic rings. The van der Waals surface area contributed by atoms with Crippen LogP contribution >= 0.6 is 12.4 Å². The minimum Gasteiger partial charge on any atom is -0.496 e. The van der Waals surface area contributed by atoms with E-state index >= 15 is 0 Å². The zero-order chi connectivity index (χ0) is 12.0. The van der Waals surface area contributed by atoms with Gasteiger partial charge in [-0.25, -0.2) is 4.39 Å². The van der Waals surface area contributed by atoms with Crippen LogP contribution in [0.5, 0.6) is 11.5 Å². The van der Waals surface area contributed by atoms with Crippen LogP contribution in [0.1, 0.15) is 11.1 Å². The molecule has 0 aliphatic rings. The van der Waals surface area contributed by atoms with Crippen molar-refractivity contribution in [2.24, 2.45) is 5.73 Å². The summed E-state index contributed by atoms with van der Waals surface area (Å²) in [5, 5.41) is 0. The monoisotopic (exact) mass is 261 g/mol. The molecule has 0 aliphatic carbocycles. The summed E-state index contributed by atoms with van der Waals surface area (Å²) in [4.78, 5) is 0. The summed E-state index contributed by atoms with van der Waals surface area (Å²) in [6.07, 6.45) is 2.49. The van der Waals surface area contributed by atoms with Crippen molar-refractivity contribution in [3.63, 3.8) is 0 Å². The molecule has 0 spiro atoms. The molecule has 1 aromatic carbocycles. The Hall–Kier alpha value is -1.26. The van der Waals surface area contributed by atoms with Crippen molar-refractivity contribution in [3.05, 3.63) is 29.6 Å². The second-order valence-electron chi connectivity index (χ2n) is 3.24. The zero-order valence-corrected chi connectivity index (χ0v) is 10.7. The molecular formula is C12H17ClFNO2. The third-order valence-corrected chi connectivity index (χ3v) is 2.29. The maximum Gasteiger partial charge on any atom is 0.126 e. The fourth-order valence-electron chi connectivity index (χ4n) is 1.53. The van der Waals surface area contributed by atoms with Gasteiger partial charge in [0.1, 0.15) is 11.5 Å². The number of rotatable bonds is 5. The maximum absolute atomic E-state index is 12.2. The first-order valence-electron chi connectivity index (χ1n) is 4.98. The first-order chi connectivity index (χ1) is 7.76. The molecule has 0 saturated heterocycles. The normalized spacial score (nSPS) is 10.1. The zero-order valence-electron chi connectivity index (χ0n) is 9.90. The second-order valence-corrected chi connectivity index (χ2v) is 3.24. The molecule has 0 unspecified atom stereocenters. The van der Waals surface area contributed by atoms with E-state index in [1.165, 1.54) is 6.08 Å². The molecule has 5 heteroatoms. The van der Waals surface area contributed by atoms with Crippen LogP contribution in [0.3, 0.4) is 0 Å². The van der Waals surface area contributed by atoms with E-state index < -0.39 is 0 Å². The Balaban J connectivity index is 0.00000256. The molecular weight excluding hydrogens is 245 g/mol. The smallest absolute Gasteiger partial charge is 0.126 e. The van der Waals surface area contributed by atoms with Crippen molar-refractivity contribution >= 4 is 18.5 Å². The Morgan fingerprint density at radius 1 is 1.24 bits per heavy atom. The average molecular weight is 262 g/mol. The number of ether oxygens (including phenoxy) is 2. The third-order valence-electron chi connectivity index (χ3n) is 2.29. The predicted octanol–water partition coefficient (Wildman–Crippen LogP) is 2.57. The van der Waals surface area contributed by atoms with E-state index in [4.69, 9.17) is 15.2 Å². The molecule has 0 saturated carbocycles. The lowest BCUT2D eigenvalue weighted by Crippen LogP contribution is -2.05. The van der Waals surface area contributed by atoms with E-state index in [1.807, 2.05) is 6.07 Å². The van der Waals surface area contributed by atoms with E-state index in [2.05, 4.69) is 0 Å². The van der Waals surface area contributed by atoms with Gasteiger partial charge in [0.15, 0.2) is 0 Å². The van der Waals surface area contributed by atoms with Crippen molar-refractivity contribution in [1.29, 1.82) is 0 Å². The van der Waals surface area contributed by atoms with Crippen molar-refractivity contribution in [2.45, 2.75) is 6.42 Å². The Labute approximate surface area is 107 Å². The van der Waals surface area contributed by atoms with Gasteiger partial charge in [0, 0.05) is 5.56 Å². The van der Waals surface area contributed by atoms with Crippen molar-refractivity contribution in [1.82, 2.24) is 0 Å². The minimum absolute atomic E-state index is 0. The van der Waals surface area contributed by atoms with Gasteiger partial charge < -0.3 is 15.2 Å². The molecule has 0 radical (unpaired) electrons. The summed E-state index contributed by atoms with van der Waals surface area (Å²) >= 11 is 0. The largest absolute Gasteiger partial charge is 0.496 e. The van der Waals surface area contributed by atoms with Crippen LogP contribution in [0.25, 0.3) is 6.08 Å². The van der Waals surface area contributed by atoms with Gasteiger partial charge in [-0.1, -0.05) is 0 Å². The minimum atomic E-state index is 0. The van der Waals surface area contributed by atoms with Crippen molar-refractivity contribution < 1.29 is 13.9 Å². The topological polar surface area (TPSA) is 44.5 Å². The number of hydrogen-bond acceptors (Lipinski definition) is 3. The van der Waals surface area contributed by atoms with Crippen LogP contribution in [0.15, 0.2) is 18.5 Å². The maximum atomic E-state index is 12.2. The Morgan fingerprint density at radius 3 is 2.35 bits per heavy atom. The fraction of sp³-hybridized carbons (Fsp3) is 0.333. The molecule has 0 bridgehead atoms. The molecule has 3 nitrogen and oxygen atoms in total. The molecule has 0 heterocycles. The first kappa shape index (κ1) is 15.7. The van der Waals surface area contributed by atoms with Gasteiger partial charge >= 0.3 is 0 Å². The predicted molar refractivity (Wildman–Crippen MR) is 69.7 cm³/mol. The highest BCUT2D eigenvalue weighted by atomic mass is 35.5. The fourth-order valence-corrected chi connectivity index (χ4v) is 1.53. The standard InChI is InChI=1S/C12H16FNO2.ClH/c1-15-11-8-10(4-6-14)12(16-2)7-9(11)3-5-13;/h3,5,7-8H,4,6,14H2,1-2H3;1H/b5-3+;. The quantitative estimate of drug-likeness (QED) is 0.886. The Kier molecular flexibility index (Phi) is 7.34.